The van der Waals surface area contributed by atoms with E-state index in [1.54, 1.807) is 12.1 Å². The van der Waals surface area contributed by atoms with E-state index in [1.165, 1.54) is 25.3 Å². The minimum Gasteiger partial charge on any atom is -0.495 e. The lowest BCUT2D eigenvalue weighted by molar-refractivity contribution is -0.115. The highest BCUT2D eigenvalue weighted by Gasteiger charge is 2.19. The summed E-state index contributed by atoms with van der Waals surface area (Å²) in [6.45, 7) is 6.18. The topological polar surface area (TPSA) is 64.9 Å². The lowest BCUT2D eigenvalue weighted by Crippen LogP contribution is -2.16. The van der Waals surface area contributed by atoms with Crippen molar-refractivity contribution in [3.63, 3.8) is 0 Å². The molecule has 0 saturated carbocycles. The van der Waals surface area contributed by atoms with Gasteiger partial charge in [-0.3, -0.25) is 4.79 Å². The van der Waals surface area contributed by atoms with E-state index in [4.69, 9.17) is 26.1 Å². The van der Waals surface area contributed by atoms with Gasteiger partial charge in [-0.15, -0.1) is 0 Å². The number of methoxy groups -OCH3 is 2. The molecule has 4 aromatic rings. The summed E-state index contributed by atoms with van der Waals surface area (Å²) in [6, 6.07) is 13.5. The van der Waals surface area contributed by atoms with Crippen LogP contribution in [0, 0.1) is 20.8 Å². The summed E-state index contributed by atoms with van der Waals surface area (Å²) in [5, 5.41) is 3.34. The van der Waals surface area contributed by atoms with Gasteiger partial charge in [0.25, 0.3) is 0 Å². The number of nitrogens with one attached hydrogen (secondary N) is 1. The lowest BCUT2D eigenvalue weighted by Gasteiger charge is -2.13. The number of hydrogen-bond acceptors (Lipinski definition) is 4. The van der Waals surface area contributed by atoms with Crippen molar-refractivity contribution >= 4 is 28.8 Å². The van der Waals surface area contributed by atoms with Crippen LogP contribution in [0.3, 0.4) is 0 Å². The second kappa shape index (κ2) is 9.16. The summed E-state index contributed by atoms with van der Waals surface area (Å²) >= 11 is 6.19. The third-order valence-electron chi connectivity index (χ3n) is 5.74. The molecular formula is C26H26ClN3O3. The van der Waals surface area contributed by atoms with E-state index in [9.17, 15) is 4.79 Å². The summed E-state index contributed by atoms with van der Waals surface area (Å²) < 4.78 is 12.6. The first-order chi connectivity index (χ1) is 15.8. The van der Waals surface area contributed by atoms with Gasteiger partial charge in [-0.1, -0.05) is 23.7 Å². The van der Waals surface area contributed by atoms with Gasteiger partial charge in [0.15, 0.2) is 0 Å². The SMILES string of the molecule is COc1cc(NC(=O)Cc2c(-c3ccc(C)c(C)c3)nc3cc(C)ccn23)c(OC)cc1Cl. The number of imidazole rings is 1. The molecule has 0 fully saturated rings. The average molecular weight is 464 g/mol. The molecule has 7 heteroatoms. The number of rotatable bonds is 6. The number of amides is 1. The zero-order valence-electron chi connectivity index (χ0n) is 19.3. The standard InChI is InChI=1S/C26H26ClN3O3/c1-15-8-9-30-21(26(29-24(30)10-15)18-7-6-16(2)17(3)11-18)14-25(31)28-20-13-22(32-4)19(27)12-23(20)33-5/h6-13H,14H2,1-5H3,(H,28,31). The van der Waals surface area contributed by atoms with E-state index in [1.807, 2.05) is 35.7 Å². The molecule has 0 spiro atoms. The minimum absolute atomic E-state index is 0.126. The van der Waals surface area contributed by atoms with Crippen molar-refractivity contribution in [2.24, 2.45) is 0 Å². The predicted molar refractivity (Wildman–Crippen MR) is 132 cm³/mol. The molecule has 2 aromatic heterocycles. The van der Waals surface area contributed by atoms with Gasteiger partial charge in [0.2, 0.25) is 5.91 Å². The van der Waals surface area contributed by atoms with Gasteiger partial charge >= 0.3 is 0 Å². The first kappa shape index (κ1) is 22.7. The van der Waals surface area contributed by atoms with Crippen LogP contribution in [0.2, 0.25) is 5.02 Å². The first-order valence-electron chi connectivity index (χ1n) is 10.6. The summed E-state index contributed by atoms with van der Waals surface area (Å²) in [5.74, 6) is 0.705. The van der Waals surface area contributed by atoms with Crippen LogP contribution < -0.4 is 14.8 Å². The fourth-order valence-corrected chi connectivity index (χ4v) is 4.02. The summed E-state index contributed by atoms with van der Waals surface area (Å²) in [4.78, 5) is 18.0. The number of hydrogen-bond donors (Lipinski definition) is 1. The molecule has 0 unspecified atom stereocenters. The number of carbonyl (C=O) groups excluding carboxylic acids is 1. The smallest absolute Gasteiger partial charge is 0.230 e. The fourth-order valence-electron chi connectivity index (χ4n) is 3.79. The third kappa shape index (κ3) is 4.52. The van der Waals surface area contributed by atoms with Crippen molar-refractivity contribution in [2.45, 2.75) is 27.2 Å². The molecule has 33 heavy (non-hydrogen) atoms. The molecule has 0 aliphatic rings. The predicted octanol–water partition coefficient (Wildman–Crippen LogP) is 5.78. The number of ether oxygens (including phenoxy) is 2. The number of anilines is 1. The Balaban J connectivity index is 1.74. The van der Waals surface area contributed by atoms with Crippen LogP contribution in [0.15, 0.2) is 48.7 Å². The maximum atomic E-state index is 13.2. The number of pyridine rings is 1. The van der Waals surface area contributed by atoms with Gasteiger partial charge in [0.1, 0.15) is 17.1 Å². The quantitative estimate of drug-likeness (QED) is 0.393. The van der Waals surface area contributed by atoms with E-state index in [-0.39, 0.29) is 12.3 Å². The van der Waals surface area contributed by atoms with Gasteiger partial charge in [0, 0.05) is 23.9 Å². The van der Waals surface area contributed by atoms with Crippen molar-refractivity contribution < 1.29 is 14.3 Å². The molecular weight excluding hydrogens is 438 g/mol. The molecule has 4 rings (SSSR count). The molecule has 1 amide bonds. The Morgan fingerprint density at radius 1 is 1.00 bits per heavy atom. The van der Waals surface area contributed by atoms with Crippen LogP contribution in [0.5, 0.6) is 11.5 Å². The Morgan fingerprint density at radius 2 is 1.76 bits per heavy atom. The van der Waals surface area contributed by atoms with Crippen molar-refractivity contribution in [2.75, 3.05) is 19.5 Å². The largest absolute Gasteiger partial charge is 0.495 e. The molecule has 0 bridgehead atoms. The molecule has 170 valence electrons. The monoisotopic (exact) mass is 463 g/mol. The molecule has 1 N–H and O–H groups in total. The summed E-state index contributed by atoms with van der Waals surface area (Å²) in [5.41, 5.74) is 7.36. The van der Waals surface area contributed by atoms with Gasteiger partial charge < -0.3 is 19.2 Å². The van der Waals surface area contributed by atoms with Gasteiger partial charge in [-0.25, -0.2) is 4.98 Å². The molecule has 2 heterocycles. The first-order valence-corrected chi connectivity index (χ1v) is 10.9. The van der Waals surface area contributed by atoms with Crippen LogP contribution in [-0.2, 0) is 11.2 Å². The second-order valence-corrected chi connectivity index (χ2v) is 8.46. The highest BCUT2D eigenvalue weighted by atomic mass is 35.5. The van der Waals surface area contributed by atoms with E-state index < -0.39 is 0 Å². The zero-order valence-corrected chi connectivity index (χ0v) is 20.1. The maximum Gasteiger partial charge on any atom is 0.230 e. The van der Waals surface area contributed by atoms with E-state index in [0.717, 1.165) is 28.2 Å². The Hall–Kier alpha value is -3.51. The van der Waals surface area contributed by atoms with Gasteiger partial charge in [-0.05, 0) is 55.7 Å². The lowest BCUT2D eigenvalue weighted by atomic mass is 10.0. The molecule has 0 atom stereocenters. The molecule has 0 saturated heterocycles. The van der Waals surface area contributed by atoms with Crippen LogP contribution in [0.25, 0.3) is 16.9 Å². The van der Waals surface area contributed by atoms with E-state index in [0.29, 0.717) is 22.2 Å². The number of benzene rings is 2. The van der Waals surface area contributed by atoms with Crippen molar-refractivity contribution in [3.8, 4) is 22.8 Å². The minimum atomic E-state index is -0.204. The molecule has 0 radical (unpaired) electrons. The van der Waals surface area contributed by atoms with Crippen LogP contribution in [0.1, 0.15) is 22.4 Å². The Morgan fingerprint density at radius 3 is 2.45 bits per heavy atom. The Kier molecular flexibility index (Phi) is 6.29. The number of halogens is 1. The Labute approximate surface area is 198 Å². The maximum absolute atomic E-state index is 13.2. The zero-order chi connectivity index (χ0) is 23.7. The molecule has 0 aliphatic heterocycles. The second-order valence-electron chi connectivity index (χ2n) is 8.05. The molecule has 6 nitrogen and oxygen atoms in total. The third-order valence-corrected chi connectivity index (χ3v) is 6.03. The summed E-state index contributed by atoms with van der Waals surface area (Å²) in [7, 11) is 3.05. The van der Waals surface area contributed by atoms with Crippen LogP contribution in [0.4, 0.5) is 5.69 Å². The van der Waals surface area contributed by atoms with Crippen molar-refractivity contribution in [1.29, 1.82) is 0 Å². The number of aromatic nitrogens is 2. The van der Waals surface area contributed by atoms with E-state index in [2.05, 4.69) is 31.3 Å². The molecule has 0 aliphatic carbocycles. The van der Waals surface area contributed by atoms with Crippen molar-refractivity contribution in [1.82, 2.24) is 9.38 Å². The van der Waals surface area contributed by atoms with Crippen LogP contribution in [-0.4, -0.2) is 29.5 Å². The van der Waals surface area contributed by atoms with Crippen molar-refractivity contribution in [3.05, 3.63) is 76.1 Å². The number of aryl methyl sites for hydroxylation is 3. The Bertz CT molecular complexity index is 1360. The number of fused-ring (bicyclic) bond motifs is 1. The normalized spacial score (nSPS) is 11.0. The number of nitrogens with zero attached hydrogens (tertiary/aromatic N) is 2. The van der Waals surface area contributed by atoms with E-state index >= 15 is 0 Å². The summed E-state index contributed by atoms with van der Waals surface area (Å²) in [6.07, 6.45) is 2.08. The van der Waals surface area contributed by atoms with Crippen LogP contribution >= 0.6 is 11.6 Å². The van der Waals surface area contributed by atoms with Gasteiger partial charge in [0.05, 0.1) is 42.7 Å². The van der Waals surface area contributed by atoms with Gasteiger partial charge in [-0.2, -0.15) is 0 Å². The fraction of sp³-hybridized carbons (Fsp3) is 0.231. The molecule has 2 aromatic carbocycles. The highest BCUT2D eigenvalue weighted by molar-refractivity contribution is 6.32. The number of carbonyl (C=O) groups is 1. The average Bonchev–Trinajstić information content (AvgIpc) is 3.13. The highest BCUT2D eigenvalue weighted by Crippen LogP contribution is 2.36.